The van der Waals surface area contributed by atoms with Crippen LogP contribution in [0.3, 0.4) is 0 Å². The number of carbonyl (C=O) groups excluding carboxylic acids is 3. The van der Waals surface area contributed by atoms with Gasteiger partial charge >= 0.3 is 17.9 Å². The molecule has 3 atom stereocenters. The average Bonchev–Trinajstić information content (AvgIpc) is 2.87. The Morgan fingerprint density at radius 3 is 1.44 bits per heavy atom. The Bertz CT molecular complexity index is 534. The fraction of sp³-hybridized carbons (Fsp3) is 0.893. The van der Waals surface area contributed by atoms with Crippen LogP contribution in [-0.2, 0) is 28.6 Å². The maximum Gasteiger partial charge on any atom is 0.307 e. The summed E-state index contributed by atoms with van der Waals surface area (Å²) < 4.78 is 16.7. The molecule has 0 amide bonds. The molecule has 0 aliphatic rings. The summed E-state index contributed by atoms with van der Waals surface area (Å²) in [6, 6.07) is 0.669. The minimum atomic E-state index is -0.772. The van der Waals surface area contributed by atoms with Gasteiger partial charge in [-0.05, 0) is 45.4 Å². The second-order valence-corrected chi connectivity index (χ2v) is 10.3. The minimum absolute atomic E-state index is 0.0320. The largest absolute Gasteiger partial charge is 0.465 e. The lowest BCUT2D eigenvalue weighted by atomic mass is 9.88. The summed E-state index contributed by atoms with van der Waals surface area (Å²) in [5.74, 6) is -0.347. The van der Waals surface area contributed by atoms with Crippen molar-refractivity contribution in [3.8, 4) is 0 Å². The molecule has 0 saturated carbocycles. The van der Waals surface area contributed by atoms with Crippen molar-refractivity contribution in [1.29, 1.82) is 0 Å². The van der Waals surface area contributed by atoms with Crippen LogP contribution in [0.2, 0.25) is 0 Å². The Balaban J connectivity index is 4.92. The number of rotatable bonds is 22. The predicted molar refractivity (Wildman–Crippen MR) is 144 cm³/mol. The van der Waals surface area contributed by atoms with Crippen LogP contribution in [0.15, 0.2) is 0 Å². The first-order chi connectivity index (χ1) is 17.1. The van der Waals surface area contributed by atoms with Gasteiger partial charge in [-0.25, -0.2) is 0 Å². The second-order valence-electron chi connectivity index (χ2n) is 10.3. The lowest BCUT2D eigenvalue weighted by molar-refractivity contribution is -0.162. The highest BCUT2D eigenvalue weighted by Gasteiger charge is 2.34. The summed E-state index contributed by atoms with van der Waals surface area (Å²) >= 11 is 0. The van der Waals surface area contributed by atoms with Crippen molar-refractivity contribution in [2.75, 3.05) is 32.9 Å². The van der Waals surface area contributed by atoms with Crippen molar-refractivity contribution >= 4 is 17.9 Å². The Kier molecular flexibility index (Phi) is 19.4. The van der Waals surface area contributed by atoms with Crippen molar-refractivity contribution in [3.05, 3.63) is 0 Å². The fourth-order valence-electron chi connectivity index (χ4n) is 3.28. The average molecular weight is 515 g/mol. The normalized spacial score (nSPS) is 15.4. The SMILES string of the molecule is CCC(C)CCCC(=O)OCC(CC)(COC(=O)CCNC(C)CC)COC(=O)CCNC(C)CC. The van der Waals surface area contributed by atoms with Crippen molar-refractivity contribution in [2.24, 2.45) is 11.3 Å². The van der Waals surface area contributed by atoms with Gasteiger partial charge in [0.15, 0.2) is 0 Å². The first kappa shape index (κ1) is 34.3. The highest BCUT2D eigenvalue weighted by Crippen LogP contribution is 2.25. The van der Waals surface area contributed by atoms with Gasteiger partial charge in [0, 0.05) is 31.6 Å². The van der Waals surface area contributed by atoms with Crippen molar-refractivity contribution in [1.82, 2.24) is 10.6 Å². The quantitative estimate of drug-likeness (QED) is 0.157. The Morgan fingerprint density at radius 1 is 0.667 bits per heavy atom. The van der Waals surface area contributed by atoms with E-state index in [1.54, 1.807) is 0 Å². The summed E-state index contributed by atoms with van der Waals surface area (Å²) in [4.78, 5) is 37.0. The molecule has 0 rings (SSSR count). The van der Waals surface area contributed by atoms with E-state index in [2.05, 4.69) is 52.2 Å². The summed E-state index contributed by atoms with van der Waals surface area (Å²) in [7, 11) is 0. The standard InChI is InChI=1S/C28H54N2O6/c1-8-22(5)13-12-14-25(31)34-19-28(11-4,20-35-26(32)15-17-29-23(6)9-2)21-36-27(33)16-18-30-24(7)10-3/h22-24,29-30H,8-21H2,1-7H3. The molecule has 0 radical (unpaired) electrons. The van der Waals surface area contributed by atoms with Gasteiger partial charge < -0.3 is 24.8 Å². The minimum Gasteiger partial charge on any atom is -0.465 e. The summed E-state index contributed by atoms with van der Waals surface area (Å²) in [6.07, 6.45) is 6.20. The molecule has 0 heterocycles. The lowest BCUT2D eigenvalue weighted by Crippen LogP contribution is -2.39. The van der Waals surface area contributed by atoms with Gasteiger partial charge in [-0.3, -0.25) is 14.4 Å². The summed E-state index contributed by atoms with van der Waals surface area (Å²) in [6.45, 7) is 15.7. The molecule has 0 aromatic carbocycles. The number of ether oxygens (including phenoxy) is 3. The number of hydrogen-bond donors (Lipinski definition) is 2. The second kappa shape index (κ2) is 20.4. The highest BCUT2D eigenvalue weighted by molar-refractivity contribution is 5.70. The maximum absolute atomic E-state index is 12.4. The van der Waals surface area contributed by atoms with E-state index in [4.69, 9.17) is 14.2 Å². The van der Waals surface area contributed by atoms with Crippen molar-refractivity contribution in [2.45, 2.75) is 118 Å². The molecule has 0 saturated heterocycles. The Hall–Kier alpha value is -1.67. The van der Waals surface area contributed by atoms with Gasteiger partial charge in [0.05, 0.1) is 18.3 Å². The molecular formula is C28H54N2O6. The van der Waals surface area contributed by atoms with Crippen molar-refractivity contribution < 1.29 is 28.6 Å². The van der Waals surface area contributed by atoms with Crippen LogP contribution < -0.4 is 10.6 Å². The third-order valence-corrected chi connectivity index (χ3v) is 7.01. The monoisotopic (exact) mass is 514 g/mol. The number of esters is 3. The fourth-order valence-corrected chi connectivity index (χ4v) is 3.28. The third kappa shape index (κ3) is 16.9. The van der Waals surface area contributed by atoms with E-state index in [9.17, 15) is 14.4 Å². The molecule has 0 aliphatic heterocycles. The molecular weight excluding hydrogens is 460 g/mol. The van der Waals surface area contributed by atoms with Crippen LogP contribution >= 0.6 is 0 Å². The predicted octanol–water partition coefficient (Wildman–Crippen LogP) is 4.79. The van der Waals surface area contributed by atoms with E-state index in [-0.39, 0.29) is 50.6 Å². The zero-order chi connectivity index (χ0) is 27.4. The molecule has 8 heteroatoms. The van der Waals surface area contributed by atoms with E-state index in [1.165, 1.54) is 0 Å². The molecule has 0 aromatic rings. The van der Waals surface area contributed by atoms with Crippen LogP contribution in [0.1, 0.15) is 106 Å². The van der Waals surface area contributed by atoms with E-state index in [0.717, 1.165) is 32.1 Å². The third-order valence-electron chi connectivity index (χ3n) is 7.01. The van der Waals surface area contributed by atoms with E-state index < -0.39 is 5.41 Å². The molecule has 0 bridgehead atoms. The number of carbonyl (C=O) groups is 3. The number of hydrogen-bond acceptors (Lipinski definition) is 8. The van der Waals surface area contributed by atoms with Crippen LogP contribution in [0.5, 0.6) is 0 Å². The van der Waals surface area contributed by atoms with Crippen molar-refractivity contribution in [3.63, 3.8) is 0 Å². The topological polar surface area (TPSA) is 103 Å². The first-order valence-electron chi connectivity index (χ1n) is 14.0. The summed E-state index contributed by atoms with van der Waals surface area (Å²) in [5, 5.41) is 6.54. The van der Waals surface area contributed by atoms with Gasteiger partial charge in [-0.2, -0.15) is 0 Å². The smallest absolute Gasteiger partial charge is 0.307 e. The van der Waals surface area contributed by atoms with Gasteiger partial charge in [-0.15, -0.1) is 0 Å². The molecule has 0 aromatic heterocycles. The summed E-state index contributed by atoms with van der Waals surface area (Å²) in [5.41, 5.74) is -0.772. The van der Waals surface area contributed by atoms with Crippen LogP contribution in [-0.4, -0.2) is 62.9 Å². The molecule has 0 spiro atoms. The maximum atomic E-state index is 12.4. The van der Waals surface area contributed by atoms with E-state index in [1.807, 2.05) is 6.92 Å². The molecule has 0 aliphatic carbocycles. The molecule has 212 valence electrons. The molecule has 3 unspecified atom stereocenters. The zero-order valence-electron chi connectivity index (χ0n) is 24.1. The van der Waals surface area contributed by atoms with E-state index >= 15 is 0 Å². The molecule has 0 fully saturated rings. The Morgan fingerprint density at radius 2 is 1.08 bits per heavy atom. The first-order valence-corrected chi connectivity index (χ1v) is 14.0. The number of nitrogens with one attached hydrogen (secondary N) is 2. The molecule has 36 heavy (non-hydrogen) atoms. The Labute approximate surface area is 220 Å². The van der Waals surface area contributed by atoms with Gasteiger partial charge in [0.25, 0.3) is 0 Å². The van der Waals surface area contributed by atoms with Crippen LogP contribution in [0.4, 0.5) is 0 Å². The van der Waals surface area contributed by atoms with Crippen LogP contribution in [0, 0.1) is 11.3 Å². The highest BCUT2D eigenvalue weighted by atomic mass is 16.6. The molecule has 2 N–H and O–H groups in total. The van der Waals surface area contributed by atoms with Crippen LogP contribution in [0.25, 0.3) is 0 Å². The molecule has 8 nitrogen and oxygen atoms in total. The van der Waals surface area contributed by atoms with Gasteiger partial charge in [0.2, 0.25) is 0 Å². The van der Waals surface area contributed by atoms with Gasteiger partial charge in [-0.1, -0.05) is 47.5 Å². The lowest BCUT2D eigenvalue weighted by Gasteiger charge is -2.31. The van der Waals surface area contributed by atoms with Gasteiger partial charge in [0.1, 0.15) is 19.8 Å². The van der Waals surface area contributed by atoms with E-state index in [0.29, 0.717) is 43.9 Å². The zero-order valence-corrected chi connectivity index (χ0v) is 24.1.